The molecule has 0 bridgehead atoms. The van der Waals surface area contributed by atoms with Crippen LogP contribution in [0.25, 0.3) is 0 Å². The molecule has 0 aliphatic heterocycles. The third kappa shape index (κ3) is 2.82. The zero-order valence-electron chi connectivity index (χ0n) is 9.60. The maximum atomic E-state index is 13.3. The van der Waals surface area contributed by atoms with Crippen LogP contribution in [0.4, 0.5) is 8.78 Å². The van der Waals surface area contributed by atoms with E-state index in [4.69, 9.17) is 0 Å². The van der Waals surface area contributed by atoms with Gasteiger partial charge in [0.15, 0.2) is 0 Å². The summed E-state index contributed by atoms with van der Waals surface area (Å²) < 4.78 is 31.0. The highest BCUT2D eigenvalue weighted by Gasteiger charge is 2.21. The Balaban J connectivity index is 2.21. The van der Waals surface area contributed by atoms with Crippen LogP contribution in [0.5, 0.6) is 0 Å². The number of halogens is 2. The molecule has 0 N–H and O–H groups in total. The molecule has 96 valence electrons. The van der Waals surface area contributed by atoms with Crippen LogP contribution in [-0.4, -0.2) is 11.9 Å². The van der Waals surface area contributed by atoms with Crippen LogP contribution in [0, 0.1) is 11.6 Å². The molecular weight excluding hydrogens is 254 g/mol. The summed E-state index contributed by atoms with van der Waals surface area (Å²) in [7, 11) is 0. The van der Waals surface area contributed by atoms with Gasteiger partial charge in [-0.15, -0.1) is 0 Å². The lowest BCUT2D eigenvalue weighted by molar-refractivity contribution is 0.0391. The van der Waals surface area contributed by atoms with Gasteiger partial charge in [-0.1, -0.05) is 24.3 Å². The van der Waals surface area contributed by atoms with Crippen LogP contribution < -0.4 is 0 Å². The third-order valence-electron chi connectivity index (χ3n) is 2.36. The summed E-state index contributed by atoms with van der Waals surface area (Å²) in [4.78, 5) is 23.1. The Kier molecular flexibility index (Phi) is 3.66. The van der Waals surface area contributed by atoms with E-state index in [0.717, 1.165) is 18.2 Å². The van der Waals surface area contributed by atoms with E-state index in [2.05, 4.69) is 4.74 Å². The number of rotatable bonds is 2. The van der Waals surface area contributed by atoms with Gasteiger partial charge in [-0.25, -0.2) is 18.4 Å². The van der Waals surface area contributed by atoms with Gasteiger partial charge in [0.05, 0.1) is 5.56 Å². The van der Waals surface area contributed by atoms with Gasteiger partial charge in [0.25, 0.3) is 0 Å². The fourth-order valence-corrected chi connectivity index (χ4v) is 1.46. The molecule has 3 nitrogen and oxygen atoms in total. The average Bonchev–Trinajstić information content (AvgIpc) is 2.39. The Hall–Kier alpha value is -2.56. The molecule has 0 radical (unpaired) electrons. The highest BCUT2D eigenvalue weighted by molar-refractivity contribution is 6.02. The van der Waals surface area contributed by atoms with Gasteiger partial charge < -0.3 is 4.74 Å². The minimum absolute atomic E-state index is 0.118. The van der Waals surface area contributed by atoms with Crippen molar-refractivity contribution >= 4 is 11.9 Å². The Labute approximate surface area is 107 Å². The number of carbonyl (C=O) groups excluding carboxylic acids is 2. The molecule has 0 heterocycles. The summed E-state index contributed by atoms with van der Waals surface area (Å²) in [5.41, 5.74) is -0.764. The normalized spacial score (nSPS) is 10.0. The van der Waals surface area contributed by atoms with Gasteiger partial charge in [-0.2, -0.15) is 0 Å². The summed E-state index contributed by atoms with van der Waals surface area (Å²) in [5, 5.41) is 0. The van der Waals surface area contributed by atoms with E-state index >= 15 is 0 Å². The maximum absolute atomic E-state index is 13.3. The van der Waals surface area contributed by atoms with Gasteiger partial charge in [0, 0.05) is 0 Å². The summed E-state index contributed by atoms with van der Waals surface area (Å²) in [5.74, 6) is -4.48. The minimum Gasteiger partial charge on any atom is -0.386 e. The summed E-state index contributed by atoms with van der Waals surface area (Å²) in [6, 6.07) is 10.6. The topological polar surface area (TPSA) is 43.4 Å². The molecule has 0 fully saturated rings. The molecule has 2 rings (SSSR count). The number of esters is 2. The second kappa shape index (κ2) is 5.39. The maximum Gasteiger partial charge on any atom is 0.352 e. The lowest BCUT2D eigenvalue weighted by Crippen LogP contribution is -2.15. The van der Waals surface area contributed by atoms with Crippen molar-refractivity contribution in [3.8, 4) is 0 Å². The molecule has 2 aromatic carbocycles. The zero-order chi connectivity index (χ0) is 13.8. The van der Waals surface area contributed by atoms with E-state index in [1.807, 2.05) is 0 Å². The van der Waals surface area contributed by atoms with Gasteiger partial charge in [0.2, 0.25) is 0 Å². The standard InChI is InChI=1S/C14H8F2O3/c15-10-7-4-8-11(16)12(10)14(18)19-13(17)9-5-2-1-3-6-9/h1-8H. The second-order valence-electron chi connectivity index (χ2n) is 3.64. The first-order valence-corrected chi connectivity index (χ1v) is 5.35. The lowest BCUT2D eigenvalue weighted by atomic mass is 10.2. The smallest absolute Gasteiger partial charge is 0.352 e. The van der Waals surface area contributed by atoms with Gasteiger partial charge in [-0.3, -0.25) is 0 Å². The molecule has 0 atom stereocenters. The molecule has 0 aromatic heterocycles. The summed E-state index contributed by atoms with van der Waals surface area (Å²) in [6.07, 6.45) is 0. The predicted molar refractivity (Wildman–Crippen MR) is 62.5 cm³/mol. The van der Waals surface area contributed by atoms with Crippen LogP contribution in [0.3, 0.4) is 0 Å². The number of benzene rings is 2. The van der Waals surface area contributed by atoms with Gasteiger partial charge in [0.1, 0.15) is 17.2 Å². The highest BCUT2D eigenvalue weighted by atomic mass is 19.1. The molecular formula is C14H8F2O3. The fraction of sp³-hybridized carbons (Fsp3) is 0. The molecule has 2 aromatic rings. The number of hydrogen-bond acceptors (Lipinski definition) is 3. The predicted octanol–water partition coefficient (Wildman–Crippen LogP) is 2.96. The first-order chi connectivity index (χ1) is 9.09. The quantitative estimate of drug-likeness (QED) is 0.617. The molecule has 0 aliphatic carbocycles. The van der Waals surface area contributed by atoms with E-state index in [0.29, 0.717) is 0 Å². The number of hydrogen-bond donors (Lipinski definition) is 0. The van der Waals surface area contributed by atoms with E-state index < -0.39 is 29.1 Å². The largest absolute Gasteiger partial charge is 0.386 e. The van der Waals surface area contributed by atoms with Crippen molar-refractivity contribution in [2.24, 2.45) is 0 Å². The van der Waals surface area contributed by atoms with E-state index in [1.54, 1.807) is 18.2 Å². The van der Waals surface area contributed by atoms with Crippen LogP contribution in [-0.2, 0) is 4.74 Å². The SMILES string of the molecule is O=C(OC(=O)c1c(F)cccc1F)c1ccccc1. The summed E-state index contributed by atoms with van der Waals surface area (Å²) >= 11 is 0. The number of carbonyl (C=O) groups is 2. The van der Waals surface area contributed by atoms with E-state index in [-0.39, 0.29) is 5.56 Å². The Morgan fingerprint density at radius 1 is 0.789 bits per heavy atom. The van der Waals surface area contributed by atoms with Gasteiger partial charge in [-0.05, 0) is 24.3 Å². The third-order valence-corrected chi connectivity index (χ3v) is 2.36. The van der Waals surface area contributed by atoms with Gasteiger partial charge >= 0.3 is 11.9 Å². The Morgan fingerprint density at radius 3 is 1.95 bits per heavy atom. The molecule has 0 saturated heterocycles. The van der Waals surface area contributed by atoms with Crippen LogP contribution in [0.1, 0.15) is 20.7 Å². The van der Waals surface area contributed by atoms with Crippen molar-refractivity contribution in [3.05, 3.63) is 71.3 Å². The molecule has 0 aliphatic rings. The minimum atomic E-state index is -1.36. The van der Waals surface area contributed by atoms with Crippen molar-refractivity contribution in [2.75, 3.05) is 0 Å². The number of ether oxygens (including phenoxy) is 1. The zero-order valence-corrected chi connectivity index (χ0v) is 9.60. The van der Waals surface area contributed by atoms with E-state index in [9.17, 15) is 18.4 Å². The van der Waals surface area contributed by atoms with Crippen molar-refractivity contribution in [2.45, 2.75) is 0 Å². The Morgan fingerprint density at radius 2 is 1.37 bits per heavy atom. The second-order valence-corrected chi connectivity index (χ2v) is 3.64. The van der Waals surface area contributed by atoms with Crippen LogP contribution in [0.15, 0.2) is 48.5 Å². The molecule has 0 saturated carbocycles. The first-order valence-electron chi connectivity index (χ1n) is 5.35. The summed E-state index contributed by atoms with van der Waals surface area (Å²) in [6.45, 7) is 0. The van der Waals surface area contributed by atoms with Crippen molar-refractivity contribution in [3.63, 3.8) is 0 Å². The molecule has 19 heavy (non-hydrogen) atoms. The first kappa shape index (κ1) is 12.9. The lowest BCUT2D eigenvalue weighted by Gasteiger charge is -2.04. The average molecular weight is 262 g/mol. The monoisotopic (exact) mass is 262 g/mol. The Bertz CT molecular complexity index is 604. The fourth-order valence-electron chi connectivity index (χ4n) is 1.46. The van der Waals surface area contributed by atoms with Crippen molar-refractivity contribution in [1.29, 1.82) is 0 Å². The molecule has 0 unspecified atom stereocenters. The molecule has 0 spiro atoms. The van der Waals surface area contributed by atoms with Crippen LogP contribution >= 0.6 is 0 Å². The highest BCUT2D eigenvalue weighted by Crippen LogP contribution is 2.14. The van der Waals surface area contributed by atoms with Crippen LogP contribution in [0.2, 0.25) is 0 Å². The molecule has 0 amide bonds. The van der Waals surface area contributed by atoms with E-state index in [1.165, 1.54) is 12.1 Å². The van der Waals surface area contributed by atoms with Crippen molar-refractivity contribution in [1.82, 2.24) is 0 Å². The van der Waals surface area contributed by atoms with Crippen molar-refractivity contribution < 1.29 is 23.1 Å². The molecule has 5 heteroatoms.